The molecule has 0 radical (unpaired) electrons. The molecule has 0 amide bonds. The first-order valence-corrected chi connectivity index (χ1v) is 5.60. The van der Waals surface area contributed by atoms with Crippen molar-refractivity contribution in [3.05, 3.63) is 12.2 Å². The van der Waals surface area contributed by atoms with Gasteiger partial charge in [0.05, 0.1) is 0 Å². The molecule has 1 aromatic rings. The number of aliphatic hydroxyl groups is 1. The van der Waals surface area contributed by atoms with Crippen LogP contribution in [0.1, 0.15) is 25.1 Å². The van der Waals surface area contributed by atoms with Crippen LogP contribution in [0.25, 0.3) is 0 Å². The first-order valence-electron chi connectivity index (χ1n) is 5.60. The summed E-state index contributed by atoms with van der Waals surface area (Å²) < 4.78 is 1.93. The molecule has 2 heterocycles. The van der Waals surface area contributed by atoms with Gasteiger partial charge in [0.15, 0.2) is 5.82 Å². The highest BCUT2D eigenvalue weighted by Gasteiger charge is 2.10. The SMILES string of the molecule is OCc1nncn1CCCN1CCCC1. The largest absolute Gasteiger partial charge is 0.388 e. The van der Waals surface area contributed by atoms with Crippen LogP contribution in [0.3, 0.4) is 0 Å². The normalized spacial score (nSPS) is 17.4. The van der Waals surface area contributed by atoms with Gasteiger partial charge in [-0.25, -0.2) is 0 Å². The second kappa shape index (κ2) is 5.23. The molecule has 0 bridgehead atoms. The molecule has 1 saturated heterocycles. The van der Waals surface area contributed by atoms with E-state index in [-0.39, 0.29) is 6.61 Å². The predicted molar refractivity (Wildman–Crippen MR) is 56.2 cm³/mol. The lowest BCUT2D eigenvalue weighted by atomic mass is 10.4. The number of hydrogen-bond donors (Lipinski definition) is 1. The van der Waals surface area contributed by atoms with E-state index in [0.717, 1.165) is 19.5 Å². The second-order valence-electron chi connectivity index (χ2n) is 4.00. The topological polar surface area (TPSA) is 54.2 Å². The Morgan fingerprint density at radius 3 is 2.80 bits per heavy atom. The van der Waals surface area contributed by atoms with Crippen molar-refractivity contribution in [1.82, 2.24) is 19.7 Å². The Balaban J connectivity index is 1.73. The molecule has 0 saturated carbocycles. The summed E-state index contributed by atoms with van der Waals surface area (Å²) >= 11 is 0. The molecule has 15 heavy (non-hydrogen) atoms. The van der Waals surface area contributed by atoms with E-state index in [9.17, 15) is 0 Å². The summed E-state index contributed by atoms with van der Waals surface area (Å²) in [5.41, 5.74) is 0. The van der Waals surface area contributed by atoms with E-state index >= 15 is 0 Å². The summed E-state index contributed by atoms with van der Waals surface area (Å²) in [6, 6.07) is 0. The Hall–Kier alpha value is -0.940. The van der Waals surface area contributed by atoms with Crippen LogP contribution in [0.4, 0.5) is 0 Å². The van der Waals surface area contributed by atoms with Gasteiger partial charge in [0.25, 0.3) is 0 Å². The molecular weight excluding hydrogens is 192 g/mol. The van der Waals surface area contributed by atoms with E-state index in [0.29, 0.717) is 5.82 Å². The Morgan fingerprint density at radius 2 is 2.07 bits per heavy atom. The maximum Gasteiger partial charge on any atom is 0.158 e. The summed E-state index contributed by atoms with van der Waals surface area (Å²) in [6.07, 6.45) is 5.48. The number of likely N-dealkylation sites (tertiary alicyclic amines) is 1. The van der Waals surface area contributed by atoms with Crippen LogP contribution in [0.15, 0.2) is 6.33 Å². The first-order chi connectivity index (χ1) is 7.40. The van der Waals surface area contributed by atoms with Crippen molar-refractivity contribution in [2.24, 2.45) is 0 Å². The molecule has 1 aliphatic heterocycles. The quantitative estimate of drug-likeness (QED) is 0.757. The van der Waals surface area contributed by atoms with Crippen LogP contribution >= 0.6 is 0 Å². The summed E-state index contributed by atoms with van der Waals surface area (Å²) in [6.45, 7) is 4.51. The van der Waals surface area contributed by atoms with Crippen LogP contribution < -0.4 is 0 Å². The summed E-state index contributed by atoms with van der Waals surface area (Å²) in [7, 11) is 0. The van der Waals surface area contributed by atoms with Crippen molar-refractivity contribution in [1.29, 1.82) is 0 Å². The van der Waals surface area contributed by atoms with Gasteiger partial charge in [-0.15, -0.1) is 10.2 Å². The fourth-order valence-electron chi connectivity index (χ4n) is 2.06. The monoisotopic (exact) mass is 210 g/mol. The van der Waals surface area contributed by atoms with Crippen LogP contribution in [0, 0.1) is 0 Å². The molecule has 0 unspecified atom stereocenters. The Labute approximate surface area is 89.7 Å². The van der Waals surface area contributed by atoms with Crippen molar-refractivity contribution < 1.29 is 5.11 Å². The number of aryl methyl sites for hydroxylation is 1. The predicted octanol–water partition coefficient (Wildman–Crippen LogP) is 0.256. The van der Waals surface area contributed by atoms with E-state index in [1.165, 1.54) is 25.9 Å². The molecule has 1 N–H and O–H groups in total. The fraction of sp³-hybridized carbons (Fsp3) is 0.800. The van der Waals surface area contributed by atoms with Gasteiger partial charge in [0.2, 0.25) is 0 Å². The van der Waals surface area contributed by atoms with Gasteiger partial charge in [0.1, 0.15) is 12.9 Å². The lowest BCUT2D eigenvalue weighted by Gasteiger charge is -2.14. The average molecular weight is 210 g/mol. The minimum atomic E-state index is -0.0241. The van der Waals surface area contributed by atoms with Crippen LogP contribution in [-0.2, 0) is 13.2 Å². The van der Waals surface area contributed by atoms with Gasteiger partial charge >= 0.3 is 0 Å². The zero-order valence-electron chi connectivity index (χ0n) is 8.97. The molecule has 1 fully saturated rings. The number of rotatable bonds is 5. The molecule has 2 rings (SSSR count). The lowest BCUT2D eigenvalue weighted by Crippen LogP contribution is -2.21. The standard InChI is InChI=1S/C10H18N4O/c15-8-10-12-11-9-14(10)7-3-6-13-4-1-2-5-13/h9,15H,1-8H2. The Kier molecular flexibility index (Phi) is 3.69. The van der Waals surface area contributed by atoms with E-state index in [1.807, 2.05) is 4.57 Å². The number of hydrogen-bond acceptors (Lipinski definition) is 4. The van der Waals surface area contributed by atoms with Gasteiger partial charge < -0.3 is 14.6 Å². The third-order valence-corrected chi connectivity index (χ3v) is 2.91. The zero-order valence-corrected chi connectivity index (χ0v) is 8.97. The van der Waals surface area contributed by atoms with E-state index in [4.69, 9.17) is 5.11 Å². The van der Waals surface area contributed by atoms with Gasteiger partial charge in [-0.05, 0) is 38.9 Å². The highest BCUT2D eigenvalue weighted by atomic mass is 16.3. The van der Waals surface area contributed by atoms with Gasteiger partial charge in [-0.1, -0.05) is 0 Å². The molecule has 0 aromatic carbocycles. The van der Waals surface area contributed by atoms with Crippen molar-refractivity contribution in [2.75, 3.05) is 19.6 Å². The maximum absolute atomic E-state index is 8.98. The molecule has 1 aliphatic rings. The van der Waals surface area contributed by atoms with Crippen molar-refractivity contribution in [2.45, 2.75) is 32.4 Å². The zero-order chi connectivity index (χ0) is 10.5. The average Bonchev–Trinajstić information content (AvgIpc) is 2.88. The second-order valence-corrected chi connectivity index (χ2v) is 4.00. The summed E-state index contributed by atoms with van der Waals surface area (Å²) in [4.78, 5) is 2.49. The van der Waals surface area contributed by atoms with Crippen molar-refractivity contribution >= 4 is 0 Å². The summed E-state index contributed by atoms with van der Waals surface area (Å²) in [5, 5.41) is 16.6. The van der Waals surface area contributed by atoms with E-state index in [2.05, 4.69) is 15.1 Å². The molecular formula is C10H18N4O. The molecule has 0 aliphatic carbocycles. The molecule has 1 aromatic heterocycles. The van der Waals surface area contributed by atoms with Crippen LogP contribution in [-0.4, -0.2) is 44.4 Å². The maximum atomic E-state index is 8.98. The third-order valence-electron chi connectivity index (χ3n) is 2.91. The molecule has 84 valence electrons. The smallest absolute Gasteiger partial charge is 0.158 e. The lowest BCUT2D eigenvalue weighted by molar-refractivity contribution is 0.262. The third kappa shape index (κ3) is 2.76. The minimum absolute atomic E-state index is 0.0241. The van der Waals surface area contributed by atoms with Crippen molar-refractivity contribution in [3.63, 3.8) is 0 Å². The molecule has 5 nitrogen and oxygen atoms in total. The van der Waals surface area contributed by atoms with Gasteiger partial charge in [-0.3, -0.25) is 0 Å². The summed E-state index contributed by atoms with van der Waals surface area (Å²) in [5.74, 6) is 0.663. The number of aromatic nitrogens is 3. The van der Waals surface area contributed by atoms with Gasteiger partial charge in [0, 0.05) is 6.54 Å². The number of aliphatic hydroxyl groups excluding tert-OH is 1. The highest BCUT2D eigenvalue weighted by molar-refractivity contribution is 4.82. The van der Waals surface area contributed by atoms with Gasteiger partial charge in [-0.2, -0.15) is 0 Å². The van der Waals surface area contributed by atoms with E-state index < -0.39 is 0 Å². The molecule has 5 heteroatoms. The first kappa shape index (κ1) is 10.6. The Bertz CT molecular complexity index is 293. The number of nitrogens with zero attached hydrogens (tertiary/aromatic N) is 4. The highest BCUT2D eigenvalue weighted by Crippen LogP contribution is 2.08. The van der Waals surface area contributed by atoms with E-state index in [1.54, 1.807) is 6.33 Å². The van der Waals surface area contributed by atoms with Crippen molar-refractivity contribution in [3.8, 4) is 0 Å². The Morgan fingerprint density at radius 1 is 1.27 bits per heavy atom. The molecule has 0 spiro atoms. The molecule has 0 atom stereocenters. The minimum Gasteiger partial charge on any atom is -0.388 e. The fourth-order valence-corrected chi connectivity index (χ4v) is 2.06. The van der Waals surface area contributed by atoms with Crippen LogP contribution in [0.5, 0.6) is 0 Å². The van der Waals surface area contributed by atoms with Crippen LogP contribution in [0.2, 0.25) is 0 Å².